The van der Waals surface area contributed by atoms with Gasteiger partial charge in [0.2, 0.25) is 5.91 Å². The third-order valence-electron chi connectivity index (χ3n) is 4.71. The Morgan fingerprint density at radius 1 is 1.13 bits per heavy atom. The van der Waals surface area contributed by atoms with E-state index >= 15 is 0 Å². The zero-order valence-electron chi connectivity index (χ0n) is 16.7. The van der Waals surface area contributed by atoms with E-state index in [-0.39, 0.29) is 12.3 Å². The van der Waals surface area contributed by atoms with E-state index in [0.717, 1.165) is 28.3 Å². The molecule has 4 aromatic rings. The molecule has 2 aromatic carbocycles. The molecule has 1 amide bonds. The largest absolute Gasteiger partial charge is 0.326 e. The summed E-state index contributed by atoms with van der Waals surface area (Å²) in [6.07, 6.45) is 1.90. The highest BCUT2D eigenvalue weighted by Crippen LogP contribution is 2.21. The van der Waals surface area contributed by atoms with Crippen LogP contribution in [-0.2, 0) is 18.4 Å². The van der Waals surface area contributed by atoms with Crippen LogP contribution in [0.2, 0.25) is 0 Å². The molecule has 0 fully saturated rings. The first-order valence-corrected chi connectivity index (χ1v) is 9.88. The molecule has 152 valence electrons. The van der Waals surface area contributed by atoms with Gasteiger partial charge in [0, 0.05) is 36.8 Å². The Bertz CT molecular complexity index is 1250. The van der Waals surface area contributed by atoms with Crippen molar-refractivity contribution in [2.24, 2.45) is 7.05 Å². The molecular formula is C21H21N7OS. The van der Waals surface area contributed by atoms with Gasteiger partial charge in [-0.15, -0.1) is 10.2 Å². The predicted molar refractivity (Wildman–Crippen MR) is 117 cm³/mol. The van der Waals surface area contributed by atoms with E-state index in [1.807, 2.05) is 71.6 Å². The quantitative estimate of drug-likeness (QED) is 0.465. The number of anilines is 1. The second-order valence-electron chi connectivity index (χ2n) is 7.02. The van der Waals surface area contributed by atoms with Gasteiger partial charge >= 0.3 is 0 Å². The molecule has 0 aliphatic rings. The number of benzene rings is 2. The Morgan fingerprint density at radius 3 is 2.63 bits per heavy atom. The minimum Gasteiger partial charge on any atom is -0.326 e. The molecule has 0 aliphatic heterocycles. The lowest BCUT2D eigenvalue weighted by Gasteiger charge is -2.09. The Morgan fingerprint density at radius 2 is 1.90 bits per heavy atom. The van der Waals surface area contributed by atoms with Crippen molar-refractivity contribution in [3.8, 4) is 22.8 Å². The van der Waals surface area contributed by atoms with E-state index in [1.54, 1.807) is 6.33 Å². The molecule has 2 aromatic heterocycles. The Labute approximate surface area is 178 Å². The molecule has 0 radical (unpaired) electrons. The van der Waals surface area contributed by atoms with Crippen LogP contribution >= 0.6 is 12.2 Å². The van der Waals surface area contributed by atoms with E-state index in [2.05, 4.69) is 25.7 Å². The van der Waals surface area contributed by atoms with Crippen LogP contribution in [0, 0.1) is 11.7 Å². The molecule has 0 saturated heterocycles. The molecule has 8 nitrogen and oxygen atoms in total. The summed E-state index contributed by atoms with van der Waals surface area (Å²) in [5.74, 6) is 1.35. The fraction of sp³-hybridized carbons (Fsp3) is 0.190. The van der Waals surface area contributed by atoms with Crippen molar-refractivity contribution in [2.75, 3.05) is 5.32 Å². The average Bonchev–Trinajstić information content (AvgIpc) is 3.32. The summed E-state index contributed by atoms with van der Waals surface area (Å²) in [6, 6.07) is 15.6. The zero-order valence-corrected chi connectivity index (χ0v) is 17.5. The van der Waals surface area contributed by atoms with Gasteiger partial charge in [-0.05, 0) is 37.3 Å². The number of nitrogens with one attached hydrogen (secondary N) is 2. The number of aryl methyl sites for hydroxylation is 2. The predicted octanol–water partition coefficient (Wildman–Crippen LogP) is 3.74. The van der Waals surface area contributed by atoms with Crippen molar-refractivity contribution in [3.05, 3.63) is 65.2 Å². The maximum absolute atomic E-state index is 12.6. The first-order valence-electron chi connectivity index (χ1n) is 9.48. The summed E-state index contributed by atoms with van der Waals surface area (Å²) in [5, 5.41) is 18.1. The molecule has 0 aliphatic carbocycles. The maximum atomic E-state index is 12.6. The van der Waals surface area contributed by atoms with Gasteiger partial charge in [-0.25, -0.2) is 0 Å². The molecule has 0 atom stereocenters. The van der Waals surface area contributed by atoms with E-state index in [1.165, 1.54) is 0 Å². The highest BCUT2D eigenvalue weighted by molar-refractivity contribution is 7.71. The number of carbonyl (C=O) groups is 1. The van der Waals surface area contributed by atoms with Crippen molar-refractivity contribution < 1.29 is 4.79 Å². The van der Waals surface area contributed by atoms with Crippen molar-refractivity contribution in [2.45, 2.75) is 19.9 Å². The molecule has 0 spiro atoms. The minimum atomic E-state index is -0.108. The summed E-state index contributed by atoms with van der Waals surface area (Å²) in [5.41, 5.74) is 3.68. The number of nitrogens with zero attached hydrogens (tertiary/aromatic N) is 5. The van der Waals surface area contributed by atoms with E-state index in [0.29, 0.717) is 17.0 Å². The Balaban J connectivity index is 1.46. The normalized spacial score (nSPS) is 10.9. The number of hydrogen-bond acceptors (Lipinski definition) is 5. The summed E-state index contributed by atoms with van der Waals surface area (Å²) in [6.45, 7) is 2.45. The van der Waals surface area contributed by atoms with Gasteiger partial charge in [0.05, 0.1) is 0 Å². The molecule has 30 heavy (non-hydrogen) atoms. The van der Waals surface area contributed by atoms with Gasteiger partial charge in [0.25, 0.3) is 0 Å². The number of rotatable bonds is 6. The number of carbonyl (C=O) groups excluding carboxylic acids is 1. The number of hydrogen-bond donors (Lipinski definition) is 2. The van der Waals surface area contributed by atoms with Crippen LogP contribution < -0.4 is 5.32 Å². The van der Waals surface area contributed by atoms with Gasteiger partial charge in [-0.1, -0.05) is 35.9 Å². The molecule has 0 bridgehead atoms. The van der Waals surface area contributed by atoms with Gasteiger partial charge < -0.3 is 9.88 Å². The minimum absolute atomic E-state index is 0.108. The van der Waals surface area contributed by atoms with Gasteiger partial charge in [-0.3, -0.25) is 14.5 Å². The highest BCUT2D eigenvalue weighted by atomic mass is 32.1. The molecule has 2 heterocycles. The smallest absolute Gasteiger partial charge is 0.226 e. The first kappa shape index (κ1) is 19.7. The third kappa shape index (κ3) is 4.20. The number of H-pyrrole nitrogens is 1. The lowest BCUT2D eigenvalue weighted by atomic mass is 10.1. The Kier molecular flexibility index (Phi) is 5.53. The van der Waals surface area contributed by atoms with Crippen LogP contribution in [0.5, 0.6) is 0 Å². The third-order valence-corrected chi connectivity index (χ3v) is 5.02. The van der Waals surface area contributed by atoms with Gasteiger partial charge in [0.15, 0.2) is 16.4 Å². The van der Waals surface area contributed by atoms with Gasteiger partial charge in [-0.2, -0.15) is 5.10 Å². The molecule has 0 unspecified atom stereocenters. The van der Waals surface area contributed by atoms with Gasteiger partial charge in [0.1, 0.15) is 6.33 Å². The second-order valence-corrected chi connectivity index (χ2v) is 7.40. The summed E-state index contributed by atoms with van der Waals surface area (Å²) in [4.78, 5) is 12.6. The van der Waals surface area contributed by atoms with Crippen LogP contribution in [0.25, 0.3) is 22.8 Å². The fourth-order valence-corrected chi connectivity index (χ4v) is 3.47. The maximum Gasteiger partial charge on any atom is 0.226 e. The average molecular weight is 420 g/mol. The first-order chi connectivity index (χ1) is 14.5. The number of amides is 1. The summed E-state index contributed by atoms with van der Waals surface area (Å²) >= 11 is 5.36. The lowest BCUT2D eigenvalue weighted by molar-refractivity contribution is -0.116. The summed E-state index contributed by atoms with van der Waals surface area (Å²) < 4.78 is 4.16. The van der Waals surface area contributed by atoms with Crippen molar-refractivity contribution in [1.29, 1.82) is 0 Å². The Hall–Kier alpha value is -3.59. The van der Waals surface area contributed by atoms with Crippen LogP contribution in [0.15, 0.2) is 54.9 Å². The van der Waals surface area contributed by atoms with Crippen LogP contribution in [-0.4, -0.2) is 35.4 Å². The van der Waals surface area contributed by atoms with E-state index < -0.39 is 0 Å². The van der Waals surface area contributed by atoms with Crippen LogP contribution in [0.3, 0.4) is 0 Å². The fourth-order valence-electron chi connectivity index (χ4n) is 3.25. The molecule has 0 saturated carbocycles. The van der Waals surface area contributed by atoms with Crippen molar-refractivity contribution >= 4 is 23.8 Å². The number of aromatic amines is 1. The van der Waals surface area contributed by atoms with Crippen molar-refractivity contribution in [3.63, 3.8) is 0 Å². The topological polar surface area (TPSA) is 93.4 Å². The monoisotopic (exact) mass is 419 g/mol. The second kappa shape index (κ2) is 8.42. The SMILES string of the molecule is Cc1cccc(-c2n[nH]c(=S)n2CCC(=O)Nc2cccc(-c3nncn3C)c2)c1. The van der Waals surface area contributed by atoms with E-state index in [4.69, 9.17) is 12.2 Å². The zero-order chi connectivity index (χ0) is 21.1. The molecular weight excluding hydrogens is 398 g/mol. The van der Waals surface area contributed by atoms with Crippen LogP contribution in [0.4, 0.5) is 5.69 Å². The number of aromatic nitrogens is 6. The van der Waals surface area contributed by atoms with Crippen LogP contribution in [0.1, 0.15) is 12.0 Å². The van der Waals surface area contributed by atoms with E-state index in [9.17, 15) is 4.79 Å². The highest BCUT2D eigenvalue weighted by Gasteiger charge is 2.12. The van der Waals surface area contributed by atoms with Crippen molar-refractivity contribution in [1.82, 2.24) is 29.5 Å². The standard InChI is InChI=1S/C21H21N7OS/c1-14-5-3-6-15(11-14)20-25-26-21(30)28(20)10-9-18(29)23-17-8-4-7-16(12-17)19-24-22-13-27(19)2/h3-8,11-13H,9-10H2,1-2H3,(H,23,29)(H,26,30). The molecule has 4 rings (SSSR count). The lowest BCUT2D eigenvalue weighted by Crippen LogP contribution is -2.15. The summed E-state index contributed by atoms with van der Waals surface area (Å²) in [7, 11) is 1.88. The molecule has 9 heteroatoms. The molecule has 2 N–H and O–H groups in total.